The highest BCUT2D eigenvalue weighted by Gasteiger charge is 2.32. The molecule has 0 amide bonds. The molecule has 1 fully saturated rings. The molecule has 0 unspecified atom stereocenters. The third-order valence-electron chi connectivity index (χ3n) is 4.55. The van der Waals surface area contributed by atoms with Gasteiger partial charge in [-0.15, -0.1) is 11.3 Å². The summed E-state index contributed by atoms with van der Waals surface area (Å²) in [5.41, 5.74) is 2.45. The van der Waals surface area contributed by atoms with Crippen molar-refractivity contribution < 1.29 is 9.90 Å². The van der Waals surface area contributed by atoms with E-state index in [0.29, 0.717) is 23.5 Å². The van der Waals surface area contributed by atoms with E-state index in [-0.39, 0.29) is 17.0 Å². The molecule has 0 atom stereocenters. The van der Waals surface area contributed by atoms with Gasteiger partial charge < -0.3 is 9.67 Å². The zero-order valence-corrected chi connectivity index (χ0v) is 15.0. The van der Waals surface area contributed by atoms with Crippen LogP contribution in [-0.2, 0) is 6.54 Å². The average molecular weight is 367 g/mol. The number of rotatable bonds is 5. The number of hydrogen-bond acceptors (Lipinski definition) is 5. The summed E-state index contributed by atoms with van der Waals surface area (Å²) in [6.45, 7) is 2.31. The molecule has 1 N–H and O–H groups in total. The summed E-state index contributed by atoms with van der Waals surface area (Å²) in [6.07, 6.45) is 5.24. The van der Waals surface area contributed by atoms with Crippen LogP contribution in [0.4, 0.5) is 0 Å². The molecule has 0 radical (unpaired) electrons. The Hall–Kier alpha value is -2.80. The van der Waals surface area contributed by atoms with Gasteiger partial charge in [0.1, 0.15) is 5.01 Å². The van der Waals surface area contributed by atoms with Crippen molar-refractivity contribution in [3.63, 3.8) is 0 Å². The van der Waals surface area contributed by atoms with Crippen molar-refractivity contribution in [3.05, 3.63) is 57.6 Å². The topological polar surface area (TPSA) is 85.1 Å². The number of thiazole rings is 1. The molecule has 3 aromatic heterocycles. The Bertz CT molecular complexity index is 1040. The van der Waals surface area contributed by atoms with Gasteiger partial charge in [0.05, 0.1) is 16.8 Å². The van der Waals surface area contributed by atoms with Gasteiger partial charge in [-0.25, -0.2) is 9.78 Å². The van der Waals surface area contributed by atoms with Crippen LogP contribution in [0.2, 0.25) is 0 Å². The van der Waals surface area contributed by atoms with Crippen molar-refractivity contribution in [2.75, 3.05) is 0 Å². The van der Waals surface area contributed by atoms with Crippen LogP contribution in [-0.4, -0.2) is 25.6 Å². The Kier molecular flexibility index (Phi) is 4.16. The predicted octanol–water partition coefficient (Wildman–Crippen LogP) is 3.63. The van der Waals surface area contributed by atoms with Crippen molar-refractivity contribution in [2.24, 2.45) is 0 Å². The first-order valence-corrected chi connectivity index (χ1v) is 9.35. The molecule has 1 aliphatic carbocycles. The van der Waals surface area contributed by atoms with E-state index < -0.39 is 5.97 Å². The Balaban J connectivity index is 1.87. The van der Waals surface area contributed by atoms with Crippen LogP contribution in [0.25, 0.3) is 21.8 Å². The van der Waals surface area contributed by atoms with Gasteiger partial charge >= 0.3 is 5.97 Å². The fraction of sp³-hybridized carbons (Fsp3) is 0.263. The van der Waals surface area contributed by atoms with Crippen LogP contribution in [0.1, 0.15) is 41.7 Å². The number of nitrogens with zero attached hydrogens (tertiary/aromatic N) is 3. The van der Waals surface area contributed by atoms with Crippen molar-refractivity contribution in [1.29, 1.82) is 0 Å². The lowest BCUT2D eigenvalue weighted by molar-refractivity contribution is 0.0694. The molecule has 26 heavy (non-hydrogen) atoms. The molecule has 6 nitrogen and oxygen atoms in total. The first kappa shape index (κ1) is 16.7. The molecule has 1 saturated carbocycles. The minimum atomic E-state index is -1.00. The third kappa shape index (κ3) is 2.84. The summed E-state index contributed by atoms with van der Waals surface area (Å²) in [4.78, 5) is 33.4. The Morgan fingerprint density at radius 2 is 2.08 bits per heavy atom. The van der Waals surface area contributed by atoms with Gasteiger partial charge in [-0.05, 0) is 38.0 Å². The largest absolute Gasteiger partial charge is 0.478 e. The van der Waals surface area contributed by atoms with Gasteiger partial charge in [0.25, 0.3) is 5.56 Å². The number of pyridine rings is 2. The number of carbonyl (C=O) groups is 1. The van der Waals surface area contributed by atoms with Gasteiger partial charge in [-0.2, -0.15) is 0 Å². The number of hydrogen-bond donors (Lipinski definition) is 1. The monoisotopic (exact) mass is 367 g/mol. The second-order valence-electron chi connectivity index (χ2n) is 6.26. The van der Waals surface area contributed by atoms with Crippen molar-refractivity contribution in [3.8, 4) is 21.8 Å². The Morgan fingerprint density at radius 3 is 2.69 bits per heavy atom. The summed E-state index contributed by atoms with van der Waals surface area (Å²) in [5, 5.41) is 12.2. The molecule has 132 valence electrons. The van der Waals surface area contributed by atoms with E-state index in [1.165, 1.54) is 17.4 Å². The van der Waals surface area contributed by atoms with Crippen LogP contribution in [0.3, 0.4) is 0 Å². The van der Waals surface area contributed by atoms with Crippen molar-refractivity contribution in [2.45, 2.75) is 32.2 Å². The normalized spacial score (nSPS) is 13.7. The molecule has 4 rings (SSSR count). The molecular formula is C19H17N3O3S. The highest BCUT2D eigenvalue weighted by Crippen LogP contribution is 2.42. The number of aromatic nitrogens is 3. The molecule has 3 aromatic rings. The van der Waals surface area contributed by atoms with E-state index >= 15 is 0 Å². The minimum Gasteiger partial charge on any atom is -0.478 e. The molecule has 1 aliphatic rings. The molecular weight excluding hydrogens is 350 g/mol. The van der Waals surface area contributed by atoms with Crippen LogP contribution in [0, 0.1) is 0 Å². The fourth-order valence-corrected chi connectivity index (χ4v) is 4.00. The number of carboxylic acid groups (broad SMARTS) is 1. The van der Waals surface area contributed by atoms with Gasteiger partial charge in [-0.3, -0.25) is 9.78 Å². The van der Waals surface area contributed by atoms with E-state index in [2.05, 4.69) is 9.97 Å². The van der Waals surface area contributed by atoms with E-state index in [0.717, 1.165) is 23.4 Å². The van der Waals surface area contributed by atoms with Crippen molar-refractivity contribution in [1.82, 2.24) is 14.5 Å². The van der Waals surface area contributed by atoms with Crippen LogP contribution >= 0.6 is 11.3 Å². The molecule has 0 aliphatic heterocycles. The van der Waals surface area contributed by atoms with E-state index in [4.69, 9.17) is 0 Å². The maximum Gasteiger partial charge on any atom is 0.337 e. The predicted molar refractivity (Wildman–Crippen MR) is 99.6 cm³/mol. The first-order chi connectivity index (χ1) is 12.6. The van der Waals surface area contributed by atoms with Gasteiger partial charge in [0, 0.05) is 41.5 Å². The zero-order chi connectivity index (χ0) is 18.3. The molecule has 3 heterocycles. The maximum absolute atomic E-state index is 13.0. The summed E-state index contributed by atoms with van der Waals surface area (Å²) >= 11 is 1.42. The second kappa shape index (κ2) is 6.49. The molecule has 0 spiro atoms. The van der Waals surface area contributed by atoms with Crippen LogP contribution < -0.4 is 5.56 Å². The highest BCUT2D eigenvalue weighted by atomic mass is 32.1. The van der Waals surface area contributed by atoms with E-state index in [1.54, 1.807) is 22.3 Å². The Morgan fingerprint density at radius 1 is 1.35 bits per heavy atom. The lowest BCUT2D eigenvalue weighted by Crippen LogP contribution is -2.27. The lowest BCUT2D eigenvalue weighted by Gasteiger charge is -2.15. The molecule has 0 saturated heterocycles. The molecule has 0 bridgehead atoms. The highest BCUT2D eigenvalue weighted by molar-refractivity contribution is 7.13. The van der Waals surface area contributed by atoms with Gasteiger partial charge in [0.15, 0.2) is 0 Å². The zero-order valence-electron chi connectivity index (χ0n) is 14.2. The minimum absolute atomic E-state index is 0.172. The Labute approximate surface area is 153 Å². The average Bonchev–Trinajstić information content (AvgIpc) is 3.38. The molecule has 0 aromatic carbocycles. The molecule has 7 heteroatoms. The SMILES string of the molecule is CCn1c(C2CC2)c(C(=O)O)cc(-c2csc(-c3ccncc3)n2)c1=O. The summed E-state index contributed by atoms with van der Waals surface area (Å²) in [5.74, 6) is -0.828. The maximum atomic E-state index is 13.0. The number of carboxylic acids is 1. The van der Waals surface area contributed by atoms with Crippen LogP contribution in [0.15, 0.2) is 40.8 Å². The van der Waals surface area contributed by atoms with Gasteiger partial charge in [0.2, 0.25) is 0 Å². The quantitative estimate of drug-likeness (QED) is 0.744. The lowest BCUT2D eigenvalue weighted by atomic mass is 10.0. The first-order valence-electron chi connectivity index (χ1n) is 8.47. The number of aromatic carboxylic acids is 1. The summed E-state index contributed by atoms with van der Waals surface area (Å²) < 4.78 is 1.60. The van der Waals surface area contributed by atoms with E-state index in [1.807, 2.05) is 19.1 Å². The van der Waals surface area contributed by atoms with Gasteiger partial charge in [-0.1, -0.05) is 0 Å². The van der Waals surface area contributed by atoms with Crippen LogP contribution in [0.5, 0.6) is 0 Å². The second-order valence-corrected chi connectivity index (χ2v) is 7.12. The van der Waals surface area contributed by atoms with Crippen molar-refractivity contribution >= 4 is 17.3 Å². The summed E-state index contributed by atoms with van der Waals surface area (Å²) in [7, 11) is 0. The smallest absolute Gasteiger partial charge is 0.337 e. The standard InChI is InChI=1S/C19H17N3O3S/c1-2-22-16(11-3-4-11)14(19(24)25)9-13(18(22)23)15-10-26-17(21-15)12-5-7-20-8-6-12/h5-11H,2-4H2,1H3,(H,24,25). The fourth-order valence-electron chi connectivity index (χ4n) is 3.17. The summed E-state index contributed by atoms with van der Waals surface area (Å²) in [6, 6.07) is 5.20. The third-order valence-corrected chi connectivity index (χ3v) is 5.44. The van der Waals surface area contributed by atoms with E-state index in [9.17, 15) is 14.7 Å².